The molecule has 1 saturated carbocycles. The van der Waals surface area contributed by atoms with Crippen molar-refractivity contribution >= 4 is 5.91 Å². The van der Waals surface area contributed by atoms with E-state index in [4.69, 9.17) is 10.6 Å². The highest BCUT2D eigenvalue weighted by molar-refractivity contribution is 5.78. The smallest absolute Gasteiger partial charge is 0.238 e. The third-order valence-electron chi connectivity index (χ3n) is 3.72. The Morgan fingerprint density at radius 1 is 1.26 bits per heavy atom. The second-order valence-corrected chi connectivity index (χ2v) is 5.18. The van der Waals surface area contributed by atoms with Gasteiger partial charge >= 0.3 is 0 Å². The van der Waals surface area contributed by atoms with Crippen LogP contribution in [0.1, 0.15) is 36.8 Å². The third-order valence-corrected chi connectivity index (χ3v) is 3.72. The molecule has 1 amide bonds. The number of amides is 1. The first-order valence-corrected chi connectivity index (χ1v) is 6.93. The molecule has 0 unspecified atom stereocenters. The maximum absolute atomic E-state index is 11.3. The fourth-order valence-corrected chi connectivity index (χ4v) is 2.61. The van der Waals surface area contributed by atoms with Crippen molar-refractivity contribution in [1.82, 2.24) is 5.43 Å². The van der Waals surface area contributed by atoms with Crippen molar-refractivity contribution in [2.75, 3.05) is 6.61 Å². The second kappa shape index (κ2) is 7.26. The van der Waals surface area contributed by atoms with Crippen LogP contribution in [0, 0.1) is 5.92 Å². The van der Waals surface area contributed by atoms with E-state index in [0.29, 0.717) is 13.0 Å². The van der Waals surface area contributed by atoms with E-state index in [2.05, 4.69) is 5.43 Å². The molecule has 1 fully saturated rings. The van der Waals surface area contributed by atoms with Crippen molar-refractivity contribution in [3.63, 3.8) is 0 Å². The van der Waals surface area contributed by atoms with Gasteiger partial charge in [-0.05, 0) is 29.9 Å². The predicted octanol–water partition coefficient (Wildman–Crippen LogP) is 1.93. The van der Waals surface area contributed by atoms with Crippen LogP contribution in [-0.4, -0.2) is 12.5 Å². The van der Waals surface area contributed by atoms with Gasteiger partial charge < -0.3 is 4.74 Å². The summed E-state index contributed by atoms with van der Waals surface area (Å²) in [6, 6.07) is 7.86. The Labute approximate surface area is 114 Å². The first-order valence-electron chi connectivity index (χ1n) is 6.93. The topological polar surface area (TPSA) is 64.3 Å². The molecule has 1 aliphatic carbocycles. The number of ether oxygens (including phenoxy) is 1. The zero-order valence-corrected chi connectivity index (χ0v) is 11.2. The lowest BCUT2D eigenvalue weighted by molar-refractivity contribution is -0.120. The fourth-order valence-electron chi connectivity index (χ4n) is 2.61. The van der Waals surface area contributed by atoms with E-state index < -0.39 is 0 Å². The number of benzene rings is 1. The Morgan fingerprint density at radius 2 is 1.95 bits per heavy atom. The molecule has 4 heteroatoms. The molecule has 4 nitrogen and oxygen atoms in total. The molecular weight excluding hydrogens is 240 g/mol. The average molecular weight is 262 g/mol. The molecule has 0 saturated heterocycles. The minimum absolute atomic E-state index is 0.178. The lowest BCUT2D eigenvalue weighted by Gasteiger charge is -2.12. The van der Waals surface area contributed by atoms with Crippen LogP contribution in [-0.2, 0) is 22.6 Å². The van der Waals surface area contributed by atoms with Gasteiger partial charge in [0.25, 0.3) is 0 Å². The standard InChI is InChI=1S/C15H22N2O2/c16-17-15(18)9-13-7-3-4-8-14(13)11-19-10-12-5-1-2-6-12/h3-4,7-8,12H,1-2,5-6,9-11,16H2,(H,17,18). The quantitative estimate of drug-likeness (QED) is 0.468. The van der Waals surface area contributed by atoms with Gasteiger partial charge in [0.15, 0.2) is 0 Å². The van der Waals surface area contributed by atoms with Crippen LogP contribution in [0.25, 0.3) is 0 Å². The van der Waals surface area contributed by atoms with E-state index >= 15 is 0 Å². The minimum atomic E-state index is -0.178. The van der Waals surface area contributed by atoms with Gasteiger partial charge in [0.2, 0.25) is 5.91 Å². The summed E-state index contributed by atoms with van der Waals surface area (Å²) >= 11 is 0. The summed E-state index contributed by atoms with van der Waals surface area (Å²) in [6.07, 6.45) is 5.55. The summed E-state index contributed by atoms with van der Waals surface area (Å²) in [7, 11) is 0. The predicted molar refractivity (Wildman–Crippen MR) is 74.1 cm³/mol. The highest BCUT2D eigenvalue weighted by Gasteiger charge is 2.15. The van der Waals surface area contributed by atoms with Crippen LogP contribution in [0.4, 0.5) is 0 Å². The van der Waals surface area contributed by atoms with Gasteiger partial charge in [-0.3, -0.25) is 10.2 Å². The van der Waals surface area contributed by atoms with Gasteiger partial charge in [0.1, 0.15) is 0 Å². The molecular formula is C15H22N2O2. The lowest BCUT2D eigenvalue weighted by atomic mass is 10.0. The number of rotatable bonds is 6. The van der Waals surface area contributed by atoms with Crippen molar-refractivity contribution < 1.29 is 9.53 Å². The van der Waals surface area contributed by atoms with Crippen molar-refractivity contribution in [3.8, 4) is 0 Å². The van der Waals surface area contributed by atoms with E-state index in [9.17, 15) is 4.79 Å². The number of carbonyl (C=O) groups is 1. The van der Waals surface area contributed by atoms with Crippen LogP contribution in [0.15, 0.2) is 24.3 Å². The fraction of sp³-hybridized carbons (Fsp3) is 0.533. The molecule has 2 rings (SSSR count). The van der Waals surface area contributed by atoms with Gasteiger partial charge in [-0.2, -0.15) is 0 Å². The minimum Gasteiger partial charge on any atom is -0.376 e. The average Bonchev–Trinajstić information content (AvgIpc) is 2.94. The number of hydrogen-bond donors (Lipinski definition) is 2. The maximum atomic E-state index is 11.3. The normalized spacial score (nSPS) is 15.6. The first-order chi connectivity index (χ1) is 9.29. The van der Waals surface area contributed by atoms with Gasteiger partial charge in [0.05, 0.1) is 13.0 Å². The van der Waals surface area contributed by atoms with Crippen molar-refractivity contribution in [2.24, 2.45) is 11.8 Å². The second-order valence-electron chi connectivity index (χ2n) is 5.18. The molecule has 0 aliphatic heterocycles. The third kappa shape index (κ3) is 4.33. The maximum Gasteiger partial charge on any atom is 0.238 e. The molecule has 0 radical (unpaired) electrons. The Balaban J connectivity index is 1.86. The Hall–Kier alpha value is -1.39. The van der Waals surface area contributed by atoms with Crippen LogP contribution in [0.3, 0.4) is 0 Å². The van der Waals surface area contributed by atoms with E-state index in [0.717, 1.165) is 23.7 Å². The summed E-state index contributed by atoms with van der Waals surface area (Å²) in [6.45, 7) is 1.40. The molecule has 0 atom stereocenters. The number of carbonyl (C=O) groups excluding carboxylic acids is 1. The van der Waals surface area contributed by atoms with Crippen LogP contribution < -0.4 is 11.3 Å². The number of nitrogens with one attached hydrogen (secondary N) is 1. The summed E-state index contributed by atoms with van der Waals surface area (Å²) in [4.78, 5) is 11.3. The summed E-state index contributed by atoms with van der Waals surface area (Å²) in [5.41, 5.74) is 4.22. The zero-order valence-electron chi connectivity index (χ0n) is 11.2. The summed E-state index contributed by atoms with van der Waals surface area (Å²) < 4.78 is 5.80. The molecule has 104 valence electrons. The number of hydrogen-bond acceptors (Lipinski definition) is 3. The highest BCUT2D eigenvalue weighted by atomic mass is 16.5. The van der Waals surface area contributed by atoms with Gasteiger partial charge in [-0.25, -0.2) is 5.84 Å². The van der Waals surface area contributed by atoms with Crippen LogP contribution >= 0.6 is 0 Å². The lowest BCUT2D eigenvalue weighted by Crippen LogP contribution is -2.31. The SMILES string of the molecule is NNC(=O)Cc1ccccc1COCC1CCCC1. The number of hydrazine groups is 1. The zero-order chi connectivity index (χ0) is 13.5. The van der Waals surface area contributed by atoms with E-state index in [1.807, 2.05) is 24.3 Å². The highest BCUT2D eigenvalue weighted by Crippen LogP contribution is 2.25. The Bertz CT molecular complexity index is 414. The summed E-state index contributed by atoms with van der Waals surface area (Å²) in [5.74, 6) is 5.67. The Morgan fingerprint density at radius 3 is 2.63 bits per heavy atom. The van der Waals surface area contributed by atoms with Crippen LogP contribution in [0.5, 0.6) is 0 Å². The Kier molecular flexibility index (Phi) is 5.36. The van der Waals surface area contributed by atoms with E-state index in [1.54, 1.807) is 0 Å². The molecule has 0 bridgehead atoms. The summed E-state index contributed by atoms with van der Waals surface area (Å²) in [5, 5.41) is 0. The first kappa shape index (κ1) is 14.0. The monoisotopic (exact) mass is 262 g/mol. The molecule has 19 heavy (non-hydrogen) atoms. The van der Waals surface area contributed by atoms with Gasteiger partial charge in [0, 0.05) is 6.61 Å². The van der Waals surface area contributed by atoms with Crippen molar-refractivity contribution in [3.05, 3.63) is 35.4 Å². The molecule has 1 aliphatic rings. The number of nitrogens with two attached hydrogens (primary N) is 1. The molecule has 0 aromatic heterocycles. The molecule has 3 N–H and O–H groups in total. The largest absolute Gasteiger partial charge is 0.376 e. The molecule has 0 heterocycles. The van der Waals surface area contributed by atoms with Crippen molar-refractivity contribution in [1.29, 1.82) is 0 Å². The van der Waals surface area contributed by atoms with E-state index in [1.165, 1.54) is 25.7 Å². The van der Waals surface area contributed by atoms with E-state index in [-0.39, 0.29) is 5.91 Å². The van der Waals surface area contributed by atoms with Gasteiger partial charge in [-0.15, -0.1) is 0 Å². The van der Waals surface area contributed by atoms with Crippen LogP contribution in [0.2, 0.25) is 0 Å². The molecule has 1 aromatic rings. The molecule has 0 spiro atoms. The molecule has 1 aromatic carbocycles. The van der Waals surface area contributed by atoms with Crippen molar-refractivity contribution in [2.45, 2.75) is 38.7 Å². The van der Waals surface area contributed by atoms with Gasteiger partial charge in [-0.1, -0.05) is 37.1 Å².